The van der Waals surface area contributed by atoms with E-state index in [1.165, 1.54) is 0 Å². The van der Waals surface area contributed by atoms with E-state index in [0.717, 1.165) is 0 Å². The molecule has 0 fully saturated rings. The summed E-state index contributed by atoms with van der Waals surface area (Å²) in [5.74, 6) is 0. The van der Waals surface area contributed by atoms with Crippen LogP contribution in [-0.4, -0.2) is 53.7 Å². The van der Waals surface area contributed by atoms with Crippen LogP contribution in [0.3, 0.4) is 0 Å². The van der Waals surface area contributed by atoms with E-state index < -0.39 is 21.8 Å². The molecular weight excluding hydrogens is 216 g/mol. The maximum absolute atomic E-state index is 10.7. The van der Waals surface area contributed by atoms with Crippen molar-refractivity contribution in [3.05, 3.63) is 0 Å². The topological polar surface area (TPSA) is 112 Å². The van der Waals surface area contributed by atoms with Crippen LogP contribution in [0.25, 0.3) is 0 Å². The fourth-order valence-electron chi connectivity index (χ4n) is 0. The molecule has 0 radical (unpaired) electrons. The van der Waals surface area contributed by atoms with Gasteiger partial charge in [-0.15, -0.1) is 0 Å². The Morgan fingerprint density at radius 2 is 1.23 bits per heavy atom. The summed E-state index contributed by atoms with van der Waals surface area (Å²) in [5, 5.41) is 13.9. The van der Waals surface area contributed by atoms with E-state index in [2.05, 4.69) is 0 Å². The van der Waals surface area contributed by atoms with E-state index >= 15 is 0 Å². The van der Waals surface area contributed by atoms with Crippen molar-refractivity contribution in [2.75, 3.05) is 0 Å². The molecule has 0 bridgehead atoms. The van der Waals surface area contributed by atoms with Crippen LogP contribution in [0, 0.1) is 0 Å². The Morgan fingerprint density at radius 3 is 1.23 bits per heavy atom. The molecule has 0 amide bonds. The summed E-state index contributed by atoms with van der Waals surface area (Å²) in [6.07, 6.45) is -1.83. The second kappa shape index (κ2) is 6.09. The molecule has 0 heterocycles. The second-order valence-electron chi connectivity index (χ2n) is 1.20. The molecule has 0 saturated carbocycles. The minimum absolute atomic E-state index is 0. The van der Waals surface area contributed by atoms with Crippen molar-refractivity contribution in [1.82, 2.24) is 0 Å². The van der Waals surface area contributed by atoms with E-state index in [0.29, 0.717) is 0 Å². The molecule has 76 valence electrons. The fourth-order valence-corrected chi connectivity index (χ4v) is 0. The first-order valence-electron chi connectivity index (χ1n) is 1.94. The van der Waals surface area contributed by atoms with Crippen LogP contribution in [0.15, 0.2) is 0 Å². The maximum atomic E-state index is 10.7. The molecule has 0 spiro atoms. The SMILES string of the molecule is O=C(O)O.O=S(=O)(O)C(F)(F)F.[LiH]. The van der Waals surface area contributed by atoms with Crippen LogP contribution >= 0.6 is 0 Å². The van der Waals surface area contributed by atoms with Crippen LogP contribution in [-0.2, 0) is 10.1 Å². The monoisotopic (exact) mass is 220 g/mol. The minimum atomic E-state index is -5.84. The third kappa shape index (κ3) is 14.4. The van der Waals surface area contributed by atoms with Gasteiger partial charge in [-0.05, 0) is 0 Å². The quantitative estimate of drug-likeness (QED) is 0.300. The average molecular weight is 220 g/mol. The summed E-state index contributed by atoms with van der Waals surface area (Å²) < 4.78 is 57.5. The Bertz CT molecular complexity index is 239. The number of halogens is 3. The molecule has 0 saturated heterocycles. The zero-order chi connectivity index (χ0) is 10.6. The molecule has 11 heteroatoms. The van der Waals surface area contributed by atoms with Crippen molar-refractivity contribution < 1.29 is 41.1 Å². The van der Waals surface area contributed by atoms with Crippen molar-refractivity contribution in [3.8, 4) is 0 Å². The molecule has 3 N–H and O–H groups in total. The molecule has 0 rings (SSSR count). The van der Waals surface area contributed by atoms with Gasteiger partial charge in [0, 0.05) is 0 Å². The zero-order valence-corrected chi connectivity index (χ0v) is 5.93. The van der Waals surface area contributed by atoms with E-state index in [1.54, 1.807) is 0 Å². The van der Waals surface area contributed by atoms with Gasteiger partial charge in [0.25, 0.3) is 0 Å². The third-order valence-corrected chi connectivity index (χ3v) is 0.877. The van der Waals surface area contributed by atoms with Gasteiger partial charge >= 0.3 is 40.6 Å². The number of alkyl halides is 3. The van der Waals surface area contributed by atoms with Gasteiger partial charge in [-0.1, -0.05) is 0 Å². The van der Waals surface area contributed by atoms with Crippen LogP contribution in [0.5, 0.6) is 0 Å². The summed E-state index contributed by atoms with van der Waals surface area (Å²) in [6.45, 7) is 0. The van der Waals surface area contributed by atoms with Crippen molar-refractivity contribution in [3.63, 3.8) is 0 Å². The first kappa shape index (κ1) is 18.4. The van der Waals surface area contributed by atoms with Gasteiger partial charge in [-0.3, -0.25) is 4.55 Å². The van der Waals surface area contributed by atoms with Gasteiger partial charge in [0.1, 0.15) is 0 Å². The van der Waals surface area contributed by atoms with Crippen LogP contribution < -0.4 is 0 Å². The van der Waals surface area contributed by atoms with E-state index in [9.17, 15) is 13.2 Å². The summed E-state index contributed by atoms with van der Waals surface area (Å²) in [6, 6.07) is 0. The number of hydrogen-bond donors (Lipinski definition) is 3. The summed E-state index contributed by atoms with van der Waals surface area (Å²) in [5.41, 5.74) is -5.53. The Hall–Kier alpha value is -0.433. The van der Waals surface area contributed by atoms with E-state index in [1.807, 2.05) is 0 Å². The third-order valence-electron chi connectivity index (χ3n) is 0.292. The molecule has 0 atom stereocenters. The van der Waals surface area contributed by atoms with Crippen LogP contribution in [0.2, 0.25) is 0 Å². The average Bonchev–Trinajstić information content (AvgIpc) is 1.55. The van der Waals surface area contributed by atoms with E-state index in [4.69, 9.17) is 28.0 Å². The molecule has 0 unspecified atom stereocenters. The van der Waals surface area contributed by atoms with Crippen molar-refractivity contribution in [2.45, 2.75) is 5.51 Å². The predicted molar refractivity (Wildman–Crippen MR) is 35.4 cm³/mol. The molecule has 0 aromatic carbocycles. The second-order valence-corrected chi connectivity index (χ2v) is 2.62. The molecule has 0 aromatic heterocycles. The molecule has 0 aliphatic heterocycles. The molecule has 6 nitrogen and oxygen atoms in total. The van der Waals surface area contributed by atoms with Crippen molar-refractivity contribution in [2.24, 2.45) is 0 Å². The predicted octanol–water partition coefficient (Wildman–Crippen LogP) is -0.0321. The van der Waals surface area contributed by atoms with Gasteiger partial charge in [0.05, 0.1) is 0 Å². The standard InChI is InChI=1S/CHF3O3S.CH2O3.Li.H/c2-1(3,4)8(5,6)7;2-1(3)4;;/h(H,5,6,7);(H2,2,3,4);;. The zero-order valence-electron chi connectivity index (χ0n) is 5.11. The van der Waals surface area contributed by atoms with Gasteiger partial charge in [-0.25, -0.2) is 4.79 Å². The van der Waals surface area contributed by atoms with Crippen molar-refractivity contribution >= 4 is 35.1 Å². The normalized spacial score (nSPS) is 10.5. The summed E-state index contributed by atoms with van der Waals surface area (Å²) in [7, 11) is -5.84. The van der Waals surface area contributed by atoms with Crippen LogP contribution in [0.4, 0.5) is 18.0 Å². The van der Waals surface area contributed by atoms with Gasteiger partial charge in [0.2, 0.25) is 0 Å². The Labute approximate surface area is 82.3 Å². The van der Waals surface area contributed by atoms with Gasteiger partial charge in [-0.2, -0.15) is 21.6 Å². The van der Waals surface area contributed by atoms with Crippen LogP contribution in [0.1, 0.15) is 0 Å². The van der Waals surface area contributed by atoms with E-state index in [-0.39, 0.29) is 18.9 Å². The first-order chi connectivity index (χ1) is 4.98. The number of carboxylic acid groups (broad SMARTS) is 2. The number of rotatable bonds is 0. The molecule has 13 heavy (non-hydrogen) atoms. The first-order valence-corrected chi connectivity index (χ1v) is 3.38. The number of carbonyl (C=O) groups is 1. The van der Waals surface area contributed by atoms with Gasteiger partial charge < -0.3 is 10.2 Å². The Morgan fingerprint density at radius 1 is 1.15 bits per heavy atom. The molecule has 0 aromatic rings. The van der Waals surface area contributed by atoms with Crippen molar-refractivity contribution in [1.29, 1.82) is 0 Å². The number of hydrogen-bond acceptors (Lipinski definition) is 3. The Balaban J connectivity index is -0.000000173. The fraction of sp³-hybridized carbons (Fsp3) is 0.500. The summed E-state index contributed by atoms with van der Waals surface area (Å²) in [4.78, 5) is 8.56. The molecule has 0 aliphatic rings. The van der Waals surface area contributed by atoms with Gasteiger partial charge in [0.15, 0.2) is 0 Å². The molecular formula is C2H4F3LiO6S. The molecule has 0 aliphatic carbocycles. The summed E-state index contributed by atoms with van der Waals surface area (Å²) >= 11 is 0. The Kier molecular flexibility index (Phi) is 8.60.